The molecule has 162 valence electrons. The van der Waals surface area contributed by atoms with Gasteiger partial charge in [-0.25, -0.2) is 9.98 Å². The number of hydrogen-bond acceptors (Lipinski definition) is 7. The molecule has 1 unspecified atom stereocenters. The predicted molar refractivity (Wildman–Crippen MR) is 122 cm³/mol. The van der Waals surface area contributed by atoms with Crippen LogP contribution in [0.15, 0.2) is 72.0 Å². The Morgan fingerprint density at radius 3 is 2.53 bits per heavy atom. The van der Waals surface area contributed by atoms with Crippen molar-refractivity contribution in [1.82, 2.24) is 9.97 Å². The van der Waals surface area contributed by atoms with E-state index in [1.807, 2.05) is 24.3 Å². The Morgan fingerprint density at radius 2 is 1.84 bits per heavy atom. The molecule has 0 bridgehead atoms. The lowest BCUT2D eigenvalue weighted by atomic mass is 10.2. The fourth-order valence-electron chi connectivity index (χ4n) is 3.07. The number of aliphatic imine (C=N–C) groups is 1. The molecule has 0 spiro atoms. The molecule has 2 aromatic carbocycles. The monoisotopic (exact) mass is 449 g/mol. The SMILES string of the molecule is COC(=O)CC1S/C(=N\c2nc[nH]c2C(=O)Nc2ccccc2)N(c2ccccc2)C1=O. The Hall–Kier alpha value is -3.92. The molecule has 3 aromatic rings. The van der Waals surface area contributed by atoms with Gasteiger partial charge >= 0.3 is 5.97 Å². The Balaban J connectivity index is 1.65. The Bertz CT molecular complexity index is 1160. The molecule has 0 saturated carbocycles. The van der Waals surface area contributed by atoms with Gasteiger partial charge in [0.2, 0.25) is 5.91 Å². The van der Waals surface area contributed by atoms with Crippen LogP contribution >= 0.6 is 11.8 Å². The summed E-state index contributed by atoms with van der Waals surface area (Å²) in [5.41, 5.74) is 1.38. The maximum atomic E-state index is 13.1. The van der Waals surface area contributed by atoms with Gasteiger partial charge in [-0.15, -0.1) is 0 Å². The number of rotatable bonds is 6. The first-order valence-electron chi connectivity index (χ1n) is 9.67. The van der Waals surface area contributed by atoms with Crippen molar-refractivity contribution >= 4 is 51.9 Å². The number of H-pyrrole nitrogens is 1. The Labute approximate surface area is 187 Å². The number of carbonyl (C=O) groups excluding carboxylic acids is 3. The summed E-state index contributed by atoms with van der Waals surface area (Å²) in [7, 11) is 1.28. The number of anilines is 2. The van der Waals surface area contributed by atoms with Crippen LogP contribution in [0, 0.1) is 0 Å². The fraction of sp³-hybridized carbons (Fsp3) is 0.136. The molecule has 10 heteroatoms. The van der Waals surface area contributed by atoms with Gasteiger partial charge in [0.15, 0.2) is 16.7 Å². The zero-order valence-corrected chi connectivity index (χ0v) is 17.8. The zero-order valence-electron chi connectivity index (χ0n) is 17.0. The van der Waals surface area contributed by atoms with E-state index in [4.69, 9.17) is 4.74 Å². The average molecular weight is 449 g/mol. The van der Waals surface area contributed by atoms with Gasteiger partial charge in [0, 0.05) is 5.69 Å². The average Bonchev–Trinajstić information content (AvgIpc) is 3.39. The van der Waals surface area contributed by atoms with E-state index in [9.17, 15) is 14.4 Å². The number of benzene rings is 2. The maximum absolute atomic E-state index is 13.1. The normalized spacial score (nSPS) is 16.9. The second-order valence-corrected chi connectivity index (χ2v) is 7.88. The first-order valence-corrected chi connectivity index (χ1v) is 10.6. The number of imidazole rings is 1. The number of hydrogen-bond donors (Lipinski definition) is 2. The molecule has 1 fully saturated rings. The molecule has 2 heterocycles. The zero-order chi connectivity index (χ0) is 22.5. The van der Waals surface area contributed by atoms with Crippen molar-refractivity contribution < 1.29 is 19.1 Å². The third-order valence-corrected chi connectivity index (χ3v) is 5.75. The molecule has 0 radical (unpaired) electrons. The molecule has 32 heavy (non-hydrogen) atoms. The number of esters is 1. The van der Waals surface area contributed by atoms with Crippen LogP contribution in [-0.2, 0) is 14.3 Å². The molecule has 1 aliphatic heterocycles. The second kappa shape index (κ2) is 9.48. The minimum Gasteiger partial charge on any atom is -0.469 e. The smallest absolute Gasteiger partial charge is 0.307 e. The Morgan fingerprint density at radius 1 is 1.16 bits per heavy atom. The second-order valence-electron chi connectivity index (χ2n) is 6.71. The number of aromatic nitrogens is 2. The number of ether oxygens (including phenoxy) is 1. The Kier molecular flexibility index (Phi) is 6.31. The van der Waals surface area contributed by atoms with Crippen molar-refractivity contribution in [2.24, 2.45) is 4.99 Å². The summed E-state index contributed by atoms with van der Waals surface area (Å²) >= 11 is 1.13. The van der Waals surface area contributed by atoms with E-state index >= 15 is 0 Å². The van der Waals surface area contributed by atoms with Crippen molar-refractivity contribution in [1.29, 1.82) is 0 Å². The summed E-state index contributed by atoms with van der Waals surface area (Å²) in [6.45, 7) is 0. The molecule has 1 atom stereocenters. The first kappa shape index (κ1) is 21.3. The summed E-state index contributed by atoms with van der Waals surface area (Å²) in [5.74, 6) is -1.07. The summed E-state index contributed by atoms with van der Waals surface area (Å²) in [6.07, 6.45) is 1.27. The molecule has 1 aromatic heterocycles. The molecule has 2 N–H and O–H groups in total. The fourth-order valence-corrected chi connectivity index (χ4v) is 4.19. The van der Waals surface area contributed by atoms with Crippen LogP contribution in [0.5, 0.6) is 0 Å². The molecule has 4 rings (SSSR count). The number of nitrogens with one attached hydrogen (secondary N) is 2. The summed E-state index contributed by atoms with van der Waals surface area (Å²) in [6, 6.07) is 18.0. The van der Waals surface area contributed by atoms with Crippen molar-refractivity contribution in [2.75, 3.05) is 17.3 Å². The van der Waals surface area contributed by atoms with Gasteiger partial charge in [-0.3, -0.25) is 19.3 Å². The quantitative estimate of drug-likeness (QED) is 0.558. The minimum atomic E-state index is -0.693. The van der Waals surface area contributed by atoms with E-state index < -0.39 is 17.1 Å². The van der Waals surface area contributed by atoms with Gasteiger partial charge in [0.25, 0.3) is 5.91 Å². The van der Waals surface area contributed by atoms with Crippen molar-refractivity contribution in [3.8, 4) is 0 Å². The van der Waals surface area contributed by atoms with Gasteiger partial charge < -0.3 is 15.0 Å². The van der Waals surface area contributed by atoms with Gasteiger partial charge in [-0.1, -0.05) is 48.2 Å². The number of nitrogens with zero attached hydrogens (tertiary/aromatic N) is 3. The van der Waals surface area contributed by atoms with Crippen LogP contribution in [0.25, 0.3) is 0 Å². The molecular formula is C22H19N5O4S. The number of carbonyl (C=O) groups is 3. The molecular weight excluding hydrogens is 430 g/mol. The highest BCUT2D eigenvalue weighted by Crippen LogP contribution is 2.35. The van der Waals surface area contributed by atoms with E-state index in [1.165, 1.54) is 18.3 Å². The van der Waals surface area contributed by atoms with E-state index in [1.54, 1.807) is 36.4 Å². The maximum Gasteiger partial charge on any atom is 0.307 e. The van der Waals surface area contributed by atoms with E-state index in [0.717, 1.165) is 11.8 Å². The van der Waals surface area contributed by atoms with E-state index in [0.29, 0.717) is 16.5 Å². The van der Waals surface area contributed by atoms with Crippen LogP contribution in [-0.4, -0.2) is 45.3 Å². The lowest BCUT2D eigenvalue weighted by Gasteiger charge is -2.16. The van der Waals surface area contributed by atoms with Gasteiger partial charge in [-0.2, -0.15) is 0 Å². The third kappa shape index (κ3) is 4.54. The number of methoxy groups -OCH3 is 1. The predicted octanol–water partition coefficient (Wildman–Crippen LogP) is 3.36. The number of thioether (sulfide) groups is 1. The van der Waals surface area contributed by atoms with Crippen LogP contribution < -0.4 is 10.2 Å². The van der Waals surface area contributed by atoms with Crippen LogP contribution in [0.2, 0.25) is 0 Å². The van der Waals surface area contributed by atoms with Crippen molar-refractivity contribution in [2.45, 2.75) is 11.7 Å². The molecule has 2 amide bonds. The van der Waals surface area contributed by atoms with Crippen LogP contribution in [0.3, 0.4) is 0 Å². The third-order valence-electron chi connectivity index (χ3n) is 4.61. The topological polar surface area (TPSA) is 117 Å². The summed E-state index contributed by atoms with van der Waals surface area (Å²) < 4.78 is 4.72. The summed E-state index contributed by atoms with van der Waals surface area (Å²) in [5, 5.41) is 2.40. The number of aromatic amines is 1. The van der Waals surface area contributed by atoms with E-state index in [2.05, 4.69) is 20.3 Å². The highest BCUT2D eigenvalue weighted by Gasteiger charge is 2.40. The highest BCUT2D eigenvalue weighted by atomic mass is 32.2. The standard InChI is InChI=1S/C22H19N5O4S/c1-31-17(28)12-16-21(30)27(15-10-6-3-7-11-15)22(32-16)26-19-18(23-13-24-19)20(29)25-14-8-4-2-5-9-14/h2-11,13,16H,12H2,1H3,(H,23,24)(H,25,29)/b26-22-. The molecule has 0 aliphatic carbocycles. The molecule has 1 saturated heterocycles. The van der Waals surface area contributed by atoms with Crippen molar-refractivity contribution in [3.05, 3.63) is 72.7 Å². The lowest BCUT2D eigenvalue weighted by Crippen LogP contribution is -2.32. The van der Waals surface area contributed by atoms with Crippen LogP contribution in [0.1, 0.15) is 16.9 Å². The largest absolute Gasteiger partial charge is 0.469 e. The number of amides is 2. The number of amidine groups is 1. The van der Waals surface area contributed by atoms with Gasteiger partial charge in [0.05, 0.1) is 25.5 Å². The minimum absolute atomic E-state index is 0.0930. The van der Waals surface area contributed by atoms with Crippen LogP contribution in [0.4, 0.5) is 17.2 Å². The summed E-state index contributed by atoms with van der Waals surface area (Å²) in [4.78, 5) is 50.5. The number of para-hydroxylation sites is 2. The van der Waals surface area contributed by atoms with Crippen molar-refractivity contribution in [3.63, 3.8) is 0 Å². The molecule has 9 nitrogen and oxygen atoms in total. The first-order chi connectivity index (χ1) is 15.6. The van der Waals surface area contributed by atoms with Gasteiger partial charge in [-0.05, 0) is 24.3 Å². The van der Waals surface area contributed by atoms with Gasteiger partial charge in [0.1, 0.15) is 5.25 Å². The van der Waals surface area contributed by atoms with E-state index in [-0.39, 0.29) is 23.8 Å². The molecule has 1 aliphatic rings. The lowest BCUT2D eigenvalue weighted by molar-refractivity contribution is -0.141. The highest BCUT2D eigenvalue weighted by molar-refractivity contribution is 8.16.